The maximum absolute atomic E-state index is 12.0. The van der Waals surface area contributed by atoms with E-state index in [0.717, 1.165) is 11.1 Å². The number of hydrogen-bond donors (Lipinski definition) is 1. The van der Waals surface area contributed by atoms with E-state index in [1.165, 1.54) is 0 Å². The molecule has 0 aliphatic carbocycles. The van der Waals surface area contributed by atoms with E-state index in [-0.39, 0.29) is 6.42 Å². The molecule has 0 saturated carbocycles. The number of benzene rings is 1. The molecule has 72 valence electrons. The highest BCUT2D eigenvalue weighted by Gasteiger charge is 2.16. The second-order valence-electron chi connectivity index (χ2n) is 3.09. The molecule has 0 spiro atoms. The number of rotatable bonds is 3. The van der Waals surface area contributed by atoms with Crippen molar-refractivity contribution in [2.24, 2.45) is 0 Å². The van der Waals surface area contributed by atoms with Gasteiger partial charge in [-0.25, -0.2) is 8.78 Å². The van der Waals surface area contributed by atoms with Gasteiger partial charge in [0.1, 0.15) is 6.10 Å². The van der Waals surface area contributed by atoms with Crippen molar-refractivity contribution in [2.45, 2.75) is 25.9 Å². The highest BCUT2D eigenvalue weighted by molar-refractivity contribution is 5.22. The summed E-state index contributed by atoms with van der Waals surface area (Å²) in [5.41, 5.74) is 1.76. The molecule has 0 heterocycles. The Labute approximate surface area is 76.0 Å². The fourth-order valence-corrected chi connectivity index (χ4v) is 1.17. The standard InChI is InChI=1S/C10H12F2O/c1-7-3-2-4-8(5-7)6-9(13)10(11)12/h2-5,9-10,13H,6H2,1H3. The van der Waals surface area contributed by atoms with Gasteiger partial charge in [-0.3, -0.25) is 0 Å². The van der Waals surface area contributed by atoms with Gasteiger partial charge in [0.2, 0.25) is 0 Å². The Kier molecular flexibility index (Phi) is 3.37. The highest BCUT2D eigenvalue weighted by Crippen LogP contribution is 2.10. The van der Waals surface area contributed by atoms with Gasteiger partial charge in [0, 0.05) is 6.42 Å². The molecule has 0 fully saturated rings. The van der Waals surface area contributed by atoms with Crippen LogP contribution in [0.15, 0.2) is 24.3 Å². The van der Waals surface area contributed by atoms with E-state index in [4.69, 9.17) is 5.11 Å². The van der Waals surface area contributed by atoms with Crippen LogP contribution in [0, 0.1) is 6.92 Å². The van der Waals surface area contributed by atoms with Gasteiger partial charge in [0.05, 0.1) is 0 Å². The molecule has 1 aromatic carbocycles. The van der Waals surface area contributed by atoms with E-state index in [0.29, 0.717) is 0 Å². The average Bonchev–Trinajstić information content (AvgIpc) is 2.04. The first-order chi connectivity index (χ1) is 6.09. The van der Waals surface area contributed by atoms with E-state index in [2.05, 4.69) is 0 Å². The van der Waals surface area contributed by atoms with Gasteiger partial charge in [0.25, 0.3) is 6.43 Å². The summed E-state index contributed by atoms with van der Waals surface area (Å²) in [6, 6.07) is 7.21. The van der Waals surface area contributed by atoms with Gasteiger partial charge in [-0.15, -0.1) is 0 Å². The van der Waals surface area contributed by atoms with Crippen molar-refractivity contribution >= 4 is 0 Å². The van der Waals surface area contributed by atoms with Gasteiger partial charge >= 0.3 is 0 Å². The second-order valence-corrected chi connectivity index (χ2v) is 3.09. The molecule has 3 heteroatoms. The van der Waals surface area contributed by atoms with Gasteiger partial charge < -0.3 is 5.11 Å². The number of hydrogen-bond acceptors (Lipinski definition) is 1. The zero-order chi connectivity index (χ0) is 9.84. The predicted molar refractivity (Wildman–Crippen MR) is 46.9 cm³/mol. The molecular formula is C10H12F2O. The molecule has 1 unspecified atom stereocenters. The Morgan fingerprint density at radius 3 is 2.62 bits per heavy atom. The maximum Gasteiger partial charge on any atom is 0.264 e. The first-order valence-electron chi connectivity index (χ1n) is 4.11. The fourth-order valence-electron chi connectivity index (χ4n) is 1.17. The third kappa shape index (κ3) is 3.11. The third-order valence-electron chi connectivity index (χ3n) is 1.82. The Bertz CT molecular complexity index is 273. The van der Waals surface area contributed by atoms with Crippen LogP contribution >= 0.6 is 0 Å². The summed E-state index contributed by atoms with van der Waals surface area (Å²) in [5.74, 6) is 0. The summed E-state index contributed by atoms with van der Waals surface area (Å²) >= 11 is 0. The Morgan fingerprint density at radius 1 is 1.38 bits per heavy atom. The third-order valence-corrected chi connectivity index (χ3v) is 1.82. The van der Waals surface area contributed by atoms with Crippen LogP contribution in [0.5, 0.6) is 0 Å². The zero-order valence-corrected chi connectivity index (χ0v) is 7.37. The molecule has 0 bridgehead atoms. The summed E-state index contributed by atoms with van der Waals surface area (Å²) in [6.45, 7) is 1.89. The van der Waals surface area contributed by atoms with Crippen molar-refractivity contribution in [1.82, 2.24) is 0 Å². The van der Waals surface area contributed by atoms with E-state index >= 15 is 0 Å². The zero-order valence-electron chi connectivity index (χ0n) is 7.37. The first kappa shape index (κ1) is 10.1. The number of aliphatic hydroxyl groups is 1. The van der Waals surface area contributed by atoms with Crippen LogP contribution in [0.2, 0.25) is 0 Å². The molecule has 1 aromatic rings. The van der Waals surface area contributed by atoms with Crippen LogP contribution in [-0.2, 0) is 6.42 Å². The van der Waals surface area contributed by atoms with Crippen molar-refractivity contribution in [3.63, 3.8) is 0 Å². The van der Waals surface area contributed by atoms with Gasteiger partial charge in [-0.05, 0) is 12.5 Å². The van der Waals surface area contributed by atoms with E-state index in [9.17, 15) is 8.78 Å². The highest BCUT2D eigenvalue weighted by atomic mass is 19.3. The maximum atomic E-state index is 12.0. The lowest BCUT2D eigenvalue weighted by Crippen LogP contribution is -2.20. The van der Waals surface area contributed by atoms with Crippen LogP contribution < -0.4 is 0 Å². The summed E-state index contributed by atoms with van der Waals surface area (Å²) in [5, 5.41) is 8.92. The number of aryl methyl sites for hydroxylation is 1. The van der Waals surface area contributed by atoms with Crippen molar-refractivity contribution < 1.29 is 13.9 Å². The molecule has 1 rings (SSSR count). The number of aliphatic hydroxyl groups excluding tert-OH is 1. The van der Waals surface area contributed by atoms with Crippen molar-refractivity contribution in [3.05, 3.63) is 35.4 Å². The largest absolute Gasteiger partial charge is 0.387 e. The van der Waals surface area contributed by atoms with Crippen LogP contribution in [0.25, 0.3) is 0 Å². The lowest BCUT2D eigenvalue weighted by molar-refractivity contribution is -0.00366. The molecule has 1 atom stereocenters. The molecule has 0 radical (unpaired) electrons. The Balaban J connectivity index is 2.64. The molecule has 0 aliphatic heterocycles. The molecule has 13 heavy (non-hydrogen) atoms. The Morgan fingerprint density at radius 2 is 2.08 bits per heavy atom. The predicted octanol–water partition coefficient (Wildman–Crippen LogP) is 2.16. The lowest BCUT2D eigenvalue weighted by Gasteiger charge is -2.09. The SMILES string of the molecule is Cc1cccc(CC(O)C(F)F)c1. The summed E-state index contributed by atoms with van der Waals surface area (Å²) in [4.78, 5) is 0. The van der Waals surface area contributed by atoms with Crippen molar-refractivity contribution in [3.8, 4) is 0 Å². The van der Waals surface area contributed by atoms with Crippen molar-refractivity contribution in [2.75, 3.05) is 0 Å². The van der Waals surface area contributed by atoms with Crippen molar-refractivity contribution in [1.29, 1.82) is 0 Å². The van der Waals surface area contributed by atoms with E-state index in [1.807, 2.05) is 13.0 Å². The van der Waals surface area contributed by atoms with Gasteiger partial charge in [0.15, 0.2) is 0 Å². The van der Waals surface area contributed by atoms with Gasteiger partial charge in [-0.1, -0.05) is 29.8 Å². The molecule has 1 nitrogen and oxygen atoms in total. The van der Waals surface area contributed by atoms with Crippen LogP contribution in [0.4, 0.5) is 8.78 Å². The minimum Gasteiger partial charge on any atom is -0.387 e. The number of halogens is 2. The average molecular weight is 186 g/mol. The molecule has 1 N–H and O–H groups in total. The normalized spacial score (nSPS) is 13.3. The Hall–Kier alpha value is -0.960. The van der Waals surface area contributed by atoms with Crippen LogP contribution in [-0.4, -0.2) is 17.6 Å². The minimum absolute atomic E-state index is 0.0132. The molecular weight excluding hydrogens is 174 g/mol. The van der Waals surface area contributed by atoms with Crippen LogP contribution in [0.3, 0.4) is 0 Å². The molecule has 0 aromatic heterocycles. The summed E-state index contributed by atoms with van der Waals surface area (Å²) in [7, 11) is 0. The molecule has 0 saturated heterocycles. The number of alkyl halides is 2. The van der Waals surface area contributed by atoms with E-state index < -0.39 is 12.5 Å². The fraction of sp³-hybridized carbons (Fsp3) is 0.400. The topological polar surface area (TPSA) is 20.2 Å². The monoisotopic (exact) mass is 186 g/mol. The second kappa shape index (κ2) is 4.33. The quantitative estimate of drug-likeness (QED) is 0.767. The molecule has 0 amide bonds. The summed E-state index contributed by atoms with van der Waals surface area (Å²) in [6.07, 6.45) is -4.21. The van der Waals surface area contributed by atoms with E-state index in [1.54, 1.807) is 18.2 Å². The van der Waals surface area contributed by atoms with Gasteiger partial charge in [-0.2, -0.15) is 0 Å². The minimum atomic E-state index is -2.67. The molecule has 0 aliphatic rings. The summed E-state index contributed by atoms with van der Waals surface area (Å²) < 4.78 is 23.9. The van der Waals surface area contributed by atoms with Crippen LogP contribution in [0.1, 0.15) is 11.1 Å². The lowest BCUT2D eigenvalue weighted by atomic mass is 10.1. The first-order valence-corrected chi connectivity index (χ1v) is 4.11. The smallest absolute Gasteiger partial charge is 0.264 e.